The van der Waals surface area contributed by atoms with E-state index in [0.29, 0.717) is 6.54 Å². The lowest BCUT2D eigenvalue weighted by molar-refractivity contribution is -0.137. The van der Waals surface area contributed by atoms with E-state index in [1.165, 1.54) is 6.08 Å². The maximum Gasteiger partial charge on any atom is 0.330 e. The second kappa shape index (κ2) is 8.50. The molecule has 0 aromatic heterocycles. The quantitative estimate of drug-likeness (QED) is 0.569. The SMILES string of the molecule is CNCCS(=O)(=O)CCOC(=O)/C=C/c1ccccc1. The zero-order valence-corrected chi connectivity index (χ0v) is 12.2. The molecule has 0 heterocycles. The fourth-order valence-corrected chi connectivity index (χ4v) is 2.46. The Hall–Kier alpha value is -1.66. The topological polar surface area (TPSA) is 72.5 Å². The number of carbonyl (C=O) groups excluding carboxylic acids is 1. The summed E-state index contributed by atoms with van der Waals surface area (Å²) in [6.07, 6.45) is 2.91. The van der Waals surface area contributed by atoms with Gasteiger partial charge in [0.1, 0.15) is 6.61 Å². The molecule has 0 atom stereocenters. The third-order valence-electron chi connectivity index (χ3n) is 2.51. The molecule has 110 valence electrons. The van der Waals surface area contributed by atoms with Crippen LogP contribution in [0.2, 0.25) is 0 Å². The Kier molecular flexibility index (Phi) is 6.97. The predicted molar refractivity (Wildman–Crippen MR) is 79.0 cm³/mol. The Morgan fingerprint density at radius 2 is 1.95 bits per heavy atom. The molecule has 1 rings (SSSR count). The summed E-state index contributed by atoms with van der Waals surface area (Å²) in [5, 5.41) is 2.76. The van der Waals surface area contributed by atoms with Crippen LogP contribution in [0.1, 0.15) is 5.56 Å². The van der Waals surface area contributed by atoms with E-state index < -0.39 is 15.8 Å². The standard InChI is InChI=1S/C14H19NO4S/c1-15-9-11-20(17,18)12-10-19-14(16)8-7-13-5-3-2-4-6-13/h2-8,15H,9-12H2,1H3/b8-7+. The van der Waals surface area contributed by atoms with Crippen LogP contribution in [-0.2, 0) is 19.4 Å². The Labute approximate surface area is 119 Å². The molecule has 1 N–H and O–H groups in total. The number of benzene rings is 1. The van der Waals surface area contributed by atoms with Crippen molar-refractivity contribution >= 4 is 21.9 Å². The number of carbonyl (C=O) groups is 1. The second-order valence-electron chi connectivity index (χ2n) is 4.17. The zero-order chi connectivity index (χ0) is 14.8. The van der Waals surface area contributed by atoms with Crippen LogP contribution in [0.15, 0.2) is 36.4 Å². The maximum atomic E-state index is 11.5. The highest BCUT2D eigenvalue weighted by Gasteiger charge is 2.10. The molecule has 0 fully saturated rings. The van der Waals surface area contributed by atoms with Crippen LogP contribution in [-0.4, -0.2) is 46.1 Å². The van der Waals surface area contributed by atoms with Gasteiger partial charge in [-0.3, -0.25) is 0 Å². The van der Waals surface area contributed by atoms with Crippen molar-refractivity contribution in [2.75, 3.05) is 31.7 Å². The van der Waals surface area contributed by atoms with Crippen molar-refractivity contribution in [2.45, 2.75) is 0 Å². The summed E-state index contributed by atoms with van der Waals surface area (Å²) < 4.78 is 27.9. The number of hydrogen-bond donors (Lipinski definition) is 1. The van der Waals surface area contributed by atoms with Crippen molar-refractivity contribution in [1.29, 1.82) is 0 Å². The normalized spacial score (nSPS) is 11.7. The number of sulfone groups is 1. The lowest BCUT2D eigenvalue weighted by Gasteiger charge is -2.04. The highest BCUT2D eigenvalue weighted by Crippen LogP contribution is 2.01. The molecule has 5 nitrogen and oxygen atoms in total. The van der Waals surface area contributed by atoms with E-state index in [1.54, 1.807) is 13.1 Å². The lowest BCUT2D eigenvalue weighted by atomic mass is 10.2. The molecule has 0 aliphatic carbocycles. The van der Waals surface area contributed by atoms with Gasteiger partial charge in [-0.1, -0.05) is 30.3 Å². The Balaban J connectivity index is 2.32. The van der Waals surface area contributed by atoms with E-state index in [2.05, 4.69) is 5.32 Å². The molecule has 0 aliphatic rings. The Morgan fingerprint density at radius 3 is 2.60 bits per heavy atom. The first-order valence-corrected chi connectivity index (χ1v) is 8.10. The van der Waals surface area contributed by atoms with Crippen molar-refractivity contribution in [3.63, 3.8) is 0 Å². The fraction of sp³-hybridized carbons (Fsp3) is 0.357. The number of nitrogens with one attached hydrogen (secondary N) is 1. The highest BCUT2D eigenvalue weighted by molar-refractivity contribution is 7.91. The second-order valence-corrected chi connectivity index (χ2v) is 6.47. The molecule has 20 heavy (non-hydrogen) atoms. The van der Waals surface area contributed by atoms with E-state index >= 15 is 0 Å². The number of ether oxygens (including phenoxy) is 1. The smallest absolute Gasteiger partial charge is 0.330 e. The van der Waals surface area contributed by atoms with Crippen molar-refractivity contribution in [1.82, 2.24) is 5.32 Å². The van der Waals surface area contributed by atoms with E-state index in [0.717, 1.165) is 5.56 Å². The first-order chi connectivity index (χ1) is 9.53. The Morgan fingerprint density at radius 1 is 1.25 bits per heavy atom. The zero-order valence-electron chi connectivity index (χ0n) is 11.4. The summed E-state index contributed by atoms with van der Waals surface area (Å²) in [6.45, 7) is 0.272. The molecule has 0 spiro atoms. The van der Waals surface area contributed by atoms with Gasteiger partial charge >= 0.3 is 5.97 Å². The van der Waals surface area contributed by atoms with Crippen LogP contribution in [0.5, 0.6) is 0 Å². The molecular weight excluding hydrogens is 278 g/mol. The minimum atomic E-state index is -3.17. The molecule has 1 aromatic carbocycles. The van der Waals surface area contributed by atoms with Gasteiger partial charge in [-0.15, -0.1) is 0 Å². The number of rotatable bonds is 8. The molecule has 0 saturated carbocycles. The summed E-state index contributed by atoms with van der Waals surface area (Å²) in [6, 6.07) is 9.31. The molecule has 6 heteroatoms. The Bertz CT molecular complexity index is 538. The highest BCUT2D eigenvalue weighted by atomic mass is 32.2. The average molecular weight is 297 g/mol. The van der Waals surface area contributed by atoms with Crippen molar-refractivity contribution in [3.8, 4) is 0 Å². The van der Waals surface area contributed by atoms with Gasteiger partial charge < -0.3 is 10.1 Å². The molecule has 0 amide bonds. The van der Waals surface area contributed by atoms with Crippen LogP contribution < -0.4 is 5.32 Å². The molecular formula is C14H19NO4S. The summed E-state index contributed by atoms with van der Waals surface area (Å²) in [5.41, 5.74) is 0.881. The van der Waals surface area contributed by atoms with Crippen molar-refractivity contribution in [2.24, 2.45) is 0 Å². The van der Waals surface area contributed by atoms with Gasteiger partial charge in [-0.2, -0.15) is 0 Å². The minimum Gasteiger partial charge on any atom is -0.461 e. The monoisotopic (exact) mass is 297 g/mol. The fourth-order valence-electron chi connectivity index (χ4n) is 1.41. The van der Waals surface area contributed by atoms with E-state index in [1.807, 2.05) is 30.3 Å². The van der Waals surface area contributed by atoms with Crippen molar-refractivity contribution in [3.05, 3.63) is 42.0 Å². The van der Waals surface area contributed by atoms with Crippen LogP contribution in [0.4, 0.5) is 0 Å². The van der Waals surface area contributed by atoms with E-state index in [4.69, 9.17) is 4.74 Å². The molecule has 0 aliphatic heterocycles. The molecule has 0 bridgehead atoms. The first-order valence-electron chi connectivity index (χ1n) is 6.28. The van der Waals surface area contributed by atoms with Crippen LogP contribution in [0.25, 0.3) is 6.08 Å². The van der Waals surface area contributed by atoms with Gasteiger partial charge in [0, 0.05) is 12.6 Å². The van der Waals surface area contributed by atoms with Gasteiger partial charge in [-0.05, 0) is 18.7 Å². The van der Waals surface area contributed by atoms with Gasteiger partial charge in [0.15, 0.2) is 9.84 Å². The average Bonchev–Trinajstić information content (AvgIpc) is 2.44. The van der Waals surface area contributed by atoms with Gasteiger partial charge in [-0.25, -0.2) is 13.2 Å². The number of esters is 1. The maximum absolute atomic E-state index is 11.5. The van der Waals surface area contributed by atoms with Crippen LogP contribution in [0, 0.1) is 0 Å². The van der Waals surface area contributed by atoms with Gasteiger partial charge in [0.2, 0.25) is 0 Å². The lowest BCUT2D eigenvalue weighted by Crippen LogP contribution is -2.23. The number of hydrogen-bond acceptors (Lipinski definition) is 5. The van der Waals surface area contributed by atoms with E-state index in [-0.39, 0.29) is 18.1 Å². The van der Waals surface area contributed by atoms with E-state index in [9.17, 15) is 13.2 Å². The molecule has 0 unspecified atom stereocenters. The van der Waals surface area contributed by atoms with Crippen LogP contribution in [0.3, 0.4) is 0 Å². The van der Waals surface area contributed by atoms with Gasteiger partial charge in [0.25, 0.3) is 0 Å². The van der Waals surface area contributed by atoms with Crippen molar-refractivity contribution < 1.29 is 17.9 Å². The van der Waals surface area contributed by atoms with Gasteiger partial charge in [0.05, 0.1) is 11.5 Å². The summed E-state index contributed by atoms with van der Waals surface area (Å²) >= 11 is 0. The van der Waals surface area contributed by atoms with Crippen LogP contribution >= 0.6 is 0 Å². The minimum absolute atomic E-state index is 0.0426. The molecule has 0 radical (unpaired) electrons. The third kappa shape index (κ3) is 7.06. The predicted octanol–water partition coefficient (Wildman–Crippen LogP) is 0.877. The third-order valence-corrected chi connectivity index (χ3v) is 4.13. The first kappa shape index (κ1) is 16.4. The summed E-state index contributed by atoms with van der Waals surface area (Å²) in [5.74, 6) is -0.654. The molecule has 0 saturated heterocycles. The summed E-state index contributed by atoms with van der Waals surface area (Å²) in [4.78, 5) is 11.4. The largest absolute Gasteiger partial charge is 0.461 e. The summed E-state index contributed by atoms with van der Waals surface area (Å²) in [7, 11) is -1.49. The molecule has 1 aromatic rings.